The van der Waals surface area contributed by atoms with E-state index in [1.165, 1.54) is 0 Å². The van der Waals surface area contributed by atoms with E-state index in [9.17, 15) is 9.59 Å². The third-order valence-electron chi connectivity index (χ3n) is 2.69. The molecular formula is C14H28N2O2. The highest BCUT2D eigenvalue weighted by Gasteiger charge is 2.37. The van der Waals surface area contributed by atoms with Gasteiger partial charge in [0.25, 0.3) is 0 Å². The standard InChI is InChI=1S/C14H28N2O2/c1-7-8-9-10-15-11(17)14(5,6)12(18)16-13(2,3)4/h7-10H2,1-6H3,(H,15,17)(H,16,18). The number of nitrogens with one attached hydrogen (secondary N) is 2. The van der Waals surface area contributed by atoms with Crippen LogP contribution in [0.15, 0.2) is 0 Å². The predicted molar refractivity (Wildman–Crippen MR) is 74.2 cm³/mol. The van der Waals surface area contributed by atoms with E-state index in [-0.39, 0.29) is 17.4 Å². The average molecular weight is 256 g/mol. The Morgan fingerprint density at radius 1 is 0.944 bits per heavy atom. The molecule has 0 saturated carbocycles. The summed E-state index contributed by atoms with van der Waals surface area (Å²) in [6.45, 7) is 11.8. The Balaban J connectivity index is 4.34. The van der Waals surface area contributed by atoms with Crippen LogP contribution in [-0.4, -0.2) is 23.9 Å². The zero-order chi connectivity index (χ0) is 14.4. The van der Waals surface area contributed by atoms with Crippen molar-refractivity contribution in [1.29, 1.82) is 0 Å². The number of hydrogen-bond donors (Lipinski definition) is 2. The van der Waals surface area contributed by atoms with Crippen LogP contribution in [0.4, 0.5) is 0 Å². The summed E-state index contributed by atoms with van der Waals surface area (Å²) in [5.41, 5.74) is -1.35. The molecule has 0 fully saturated rings. The number of rotatable bonds is 6. The van der Waals surface area contributed by atoms with Gasteiger partial charge in [0.2, 0.25) is 11.8 Å². The fraction of sp³-hybridized carbons (Fsp3) is 0.857. The van der Waals surface area contributed by atoms with Crippen molar-refractivity contribution >= 4 is 11.8 Å². The van der Waals surface area contributed by atoms with Gasteiger partial charge in [-0.15, -0.1) is 0 Å². The Bertz CT molecular complexity index is 291. The van der Waals surface area contributed by atoms with Gasteiger partial charge in [0.05, 0.1) is 0 Å². The molecule has 4 heteroatoms. The van der Waals surface area contributed by atoms with Crippen molar-refractivity contribution in [2.45, 2.75) is 66.3 Å². The van der Waals surface area contributed by atoms with Gasteiger partial charge < -0.3 is 10.6 Å². The highest BCUT2D eigenvalue weighted by Crippen LogP contribution is 2.17. The monoisotopic (exact) mass is 256 g/mol. The van der Waals surface area contributed by atoms with Gasteiger partial charge >= 0.3 is 0 Å². The van der Waals surface area contributed by atoms with Crippen LogP contribution in [0.2, 0.25) is 0 Å². The highest BCUT2D eigenvalue weighted by atomic mass is 16.2. The molecule has 0 spiro atoms. The maximum atomic E-state index is 12.0. The number of hydrogen-bond acceptors (Lipinski definition) is 2. The lowest BCUT2D eigenvalue weighted by atomic mass is 9.89. The lowest BCUT2D eigenvalue weighted by Crippen LogP contribution is -2.52. The van der Waals surface area contributed by atoms with Crippen molar-refractivity contribution in [2.24, 2.45) is 5.41 Å². The molecule has 0 heterocycles. The summed E-state index contributed by atoms with van der Waals surface area (Å²) in [6.07, 6.45) is 3.16. The van der Waals surface area contributed by atoms with Crippen LogP contribution in [0.25, 0.3) is 0 Å². The van der Waals surface area contributed by atoms with Crippen molar-refractivity contribution in [3.05, 3.63) is 0 Å². The van der Waals surface area contributed by atoms with Crippen LogP contribution in [0.5, 0.6) is 0 Å². The van der Waals surface area contributed by atoms with Gasteiger partial charge in [-0.05, 0) is 41.0 Å². The predicted octanol–water partition coefficient (Wildman–Crippen LogP) is 2.23. The quantitative estimate of drug-likeness (QED) is 0.565. The van der Waals surface area contributed by atoms with E-state index in [2.05, 4.69) is 17.6 Å². The molecule has 2 N–H and O–H groups in total. The van der Waals surface area contributed by atoms with Crippen molar-refractivity contribution in [3.63, 3.8) is 0 Å². The first-order chi connectivity index (χ1) is 8.11. The number of amides is 2. The molecule has 0 aromatic heterocycles. The average Bonchev–Trinajstić information content (AvgIpc) is 2.21. The molecule has 0 aliphatic rings. The Morgan fingerprint density at radius 2 is 1.50 bits per heavy atom. The molecule has 0 aliphatic carbocycles. The maximum absolute atomic E-state index is 12.0. The van der Waals surface area contributed by atoms with Crippen molar-refractivity contribution in [3.8, 4) is 0 Å². The topological polar surface area (TPSA) is 58.2 Å². The molecule has 0 unspecified atom stereocenters. The smallest absolute Gasteiger partial charge is 0.235 e. The van der Waals surface area contributed by atoms with Crippen LogP contribution >= 0.6 is 0 Å². The molecule has 106 valence electrons. The normalized spacial score (nSPS) is 12.1. The van der Waals surface area contributed by atoms with Gasteiger partial charge in [0.1, 0.15) is 5.41 Å². The molecule has 0 bridgehead atoms. The first kappa shape index (κ1) is 16.9. The SMILES string of the molecule is CCCCCNC(=O)C(C)(C)C(=O)NC(C)(C)C. The zero-order valence-electron chi connectivity index (χ0n) is 12.6. The Morgan fingerprint density at radius 3 is 1.94 bits per heavy atom. The zero-order valence-corrected chi connectivity index (χ0v) is 12.6. The fourth-order valence-corrected chi connectivity index (χ4v) is 1.40. The van der Waals surface area contributed by atoms with Crippen molar-refractivity contribution in [2.75, 3.05) is 6.54 Å². The molecule has 0 aromatic carbocycles. The second-order valence-electron chi connectivity index (χ2n) is 6.29. The largest absolute Gasteiger partial charge is 0.355 e. The molecule has 4 nitrogen and oxygen atoms in total. The van der Waals surface area contributed by atoms with E-state index < -0.39 is 5.41 Å². The molecule has 2 amide bonds. The second kappa shape index (κ2) is 6.76. The Hall–Kier alpha value is -1.06. The molecule has 0 aliphatic heterocycles. The first-order valence-electron chi connectivity index (χ1n) is 6.72. The maximum Gasteiger partial charge on any atom is 0.235 e. The van der Waals surface area contributed by atoms with Gasteiger partial charge in [0, 0.05) is 12.1 Å². The molecule has 0 aromatic rings. The summed E-state index contributed by atoms with van der Waals surface area (Å²) in [7, 11) is 0. The number of unbranched alkanes of at least 4 members (excludes halogenated alkanes) is 2. The van der Waals surface area contributed by atoms with Crippen LogP contribution in [-0.2, 0) is 9.59 Å². The first-order valence-corrected chi connectivity index (χ1v) is 6.72. The summed E-state index contributed by atoms with van der Waals surface area (Å²) < 4.78 is 0. The van der Waals surface area contributed by atoms with E-state index in [0.717, 1.165) is 19.3 Å². The van der Waals surface area contributed by atoms with Crippen molar-refractivity contribution < 1.29 is 9.59 Å². The molecule has 18 heavy (non-hydrogen) atoms. The molecule has 0 rings (SSSR count). The van der Waals surface area contributed by atoms with Crippen molar-refractivity contribution in [1.82, 2.24) is 10.6 Å². The number of carbonyl (C=O) groups excluding carboxylic acids is 2. The minimum Gasteiger partial charge on any atom is -0.355 e. The third kappa shape index (κ3) is 6.03. The summed E-state index contributed by atoms with van der Waals surface area (Å²) in [5.74, 6) is -0.441. The highest BCUT2D eigenvalue weighted by molar-refractivity contribution is 6.04. The van der Waals surface area contributed by atoms with E-state index in [0.29, 0.717) is 6.54 Å². The molecule has 0 radical (unpaired) electrons. The van der Waals surface area contributed by atoms with Gasteiger partial charge in [0.15, 0.2) is 0 Å². The molecular weight excluding hydrogens is 228 g/mol. The lowest BCUT2D eigenvalue weighted by molar-refractivity contribution is -0.142. The van der Waals surface area contributed by atoms with Gasteiger partial charge in [-0.2, -0.15) is 0 Å². The van der Waals surface area contributed by atoms with Gasteiger partial charge in [-0.3, -0.25) is 9.59 Å². The minimum atomic E-state index is -1.03. The lowest BCUT2D eigenvalue weighted by Gasteiger charge is -2.28. The third-order valence-corrected chi connectivity index (χ3v) is 2.69. The van der Waals surface area contributed by atoms with E-state index >= 15 is 0 Å². The summed E-state index contributed by atoms with van der Waals surface area (Å²) >= 11 is 0. The molecule has 0 atom stereocenters. The fourth-order valence-electron chi connectivity index (χ4n) is 1.40. The molecule has 0 saturated heterocycles. The van der Waals surface area contributed by atoms with Gasteiger partial charge in [-0.25, -0.2) is 0 Å². The van der Waals surface area contributed by atoms with Crippen LogP contribution < -0.4 is 10.6 Å². The van der Waals surface area contributed by atoms with Crippen LogP contribution in [0, 0.1) is 5.41 Å². The number of carbonyl (C=O) groups is 2. The summed E-state index contributed by atoms with van der Waals surface area (Å²) in [5, 5.41) is 5.67. The van der Waals surface area contributed by atoms with Gasteiger partial charge in [-0.1, -0.05) is 19.8 Å². The Kier molecular flexibility index (Phi) is 6.36. The Labute approximate surface area is 111 Å². The van der Waals surface area contributed by atoms with E-state index in [4.69, 9.17) is 0 Å². The van der Waals surface area contributed by atoms with Crippen LogP contribution in [0.1, 0.15) is 60.8 Å². The summed E-state index contributed by atoms with van der Waals surface area (Å²) in [6, 6.07) is 0. The second-order valence-corrected chi connectivity index (χ2v) is 6.29. The van der Waals surface area contributed by atoms with E-state index in [1.54, 1.807) is 13.8 Å². The summed E-state index contributed by atoms with van der Waals surface area (Å²) in [4.78, 5) is 24.0. The van der Waals surface area contributed by atoms with E-state index in [1.807, 2.05) is 20.8 Å². The minimum absolute atomic E-state index is 0.208. The van der Waals surface area contributed by atoms with Crippen LogP contribution in [0.3, 0.4) is 0 Å².